The van der Waals surface area contributed by atoms with Gasteiger partial charge in [-0.2, -0.15) is 0 Å². The largest absolute Gasteiger partial charge is 0.481 e. The third kappa shape index (κ3) is 2.03. The molecule has 1 fully saturated rings. The van der Waals surface area contributed by atoms with Crippen molar-refractivity contribution < 1.29 is 23.4 Å². The van der Waals surface area contributed by atoms with Gasteiger partial charge in [-0.25, -0.2) is 8.42 Å². The Morgan fingerprint density at radius 3 is 2.25 bits per heavy atom. The van der Waals surface area contributed by atoms with E-state index in [2.05, 4.69) is 0 Å². The SMILES string of the molecule is CCS(=O)(=O)[C@H]1[C@H](c2ccc(C)cc2)[C@@]1(CO)C(=O)O. The second kappa shape index (κ2) is 4.86. The van der Waals surface area contributed by atoms with Gasteiger partial charge in [-0.15, -0.1) is 0 Å². The van der Waals surface area contributed by atoms with Crippen LogP contribution in [0.4, 0.5) is 0 Å². The number of aryl methyl sites for hydroxylation is 1. The Morgan fingerprint density at radius 2 is 1.85 bits per heavy atom. The number of hydrogen-bond acceptors (Lipinski definition) is 4. The van der Waals surface area contributed by atoms with Crippen LogP contribution in [0.3, 0.4) is 0 Å². The predicted molar refractivity (Wildman–Crippen MR) is 74.3 cm³/mol. The van der Waals surface area contributed by atoms with Gasteiger partial charge in [0.25, 0.3) is 0 Å². The van der Waals surface area contributed by atoms with Gasteiger partial charge in [0.2, 0.25) is 0 Å². The molecule has 0 bridgehead atoms. The maximum absolute atomic E-state index is 12.1. The molecular formula is C14H18O5S. The van der Waals surface area contributed by atoms with E-state index in [9.17, 15) is 23.4 Å². The molecule has 0 spiro atoms. The molecule has 0 heterocycles. The molecule has 0 aliphatic heterocycles. The monoisotopic (exact) mass is 298 g/mol. The highest BCUT2D eigenvalue weighted by Gasteiger charge is 2.75. The maximum Gasteiger partial charge on any atom is 0.314 e. The van der Waals surface area contributed by atoms with Crippen LogP contribution in [0, 0.1) is 12.3 Å². The number of carboxylic acids is 1. The van der Waals surface area contributed by atoms with Gasteiger partial charge in [0.15, 0.2) is 9.84 Å². The van der Waals surface area contributed by atoms with Crippen LogP contribution in [-0.2, 0) is 14.6 Å². The molecule has 110 valence electrons. The van der Waals surface area contributed by atoms with E-state index >= 15 is 0 Å². The molecule has 0 aromatic heterocycles. The van der Waals surface area contributed by atoms with Crippen LogP contribution >= 0.6 is 0 Å². The average molecular weight is 298 g/mol. The molecule has 6 heteroatoms. The van der Waals surface area contributed by atoms with Crippen molar-refractivity contribution in [3.63, 3.8) is 0 Å². The van der Waals surface area contributed by atoms with Crippen molar-refractivity contribution in [1.82, 2.24) is 0 Å². The zero-order chi connectivity index (χ0) is 15.1. The Bertz CT molecular complexity index is 619. The highest BCUT2D eigenvalue weighted by atomic mass is 32.2. The van der Waals surface area contributed by atoms with Gasteiger partial charge in [-0.3, -0.25) is 4.79 Å². The van der Waals surface area contributed by atoms with Gasteiger partial charge in [-0.05, 0) is 12.5 Å². The molecule has 5 nitrogen and oxygen atoms in total. The molecule has 1 aliphatic carbocycles. The standard InChI is InChI=1S/C14H18O5S/c1-3-20(18,19)12-11(14(12,8-15)13(16)17)10-6-4-9(2)5-7-10/h4-7,11-12,15H,3,8H2,1-2H3,(H,16,17)/t11-,12-,14+/m0/s1. The summed E-state index contributed by atoms with van der Waals surface area (Å²) in [6.45, 7) is 2.71. The first-order valence-electron chi connectivity index (χ1n) is 6.43. The first-order valence-corrected chi connectivity index (χ1v) is 8.15. The molecule has 0 amide bonds. The fourth-order valence-electron chi connectivity index (χ4n) is 2.87. The number of aliphatic hydroxyl groups is 1. The second-order valence-electron chi connectivity index (χ2n) is 5.26. The minimum absolute atomic E-state index is 0.130. The Hall–Kier alpha value is -1.40. The van der Waals surface area contributed by atoms with Crippen LogP contribution in [0.2, 0.25) is 0 Å². The van der Waals surface area contributed by atoms with Crippen LogP contribution in [0.15, 0.2) is 24.3 Å². The number of carboxylic acid groups (broad SMARTS) is 1. The normalized spacial score (nSPS) is 29.1. The fraction of sp³-hybridized carbons (Fsp3) is 0.500. The summed E-state index contributed by atoms with van der Waals surface area (Å²) in [5.41, 5.74) is 0.0488. The number of carbonyl (C=O) groups is 1. The van der Waals surface area contributed by atoms with Crippen molar-refractivity contribution in [2.24, 2.45) is 5.41 Å². The summed E-state index contributed by atoms with van der Waals surface area (Å²) in [5, 5.41) is 17.8. The number of rotatable bonds is 5. The number of hydrogen-bond donors (Lipinski definition) is 2. The summed E-state index contributed by atoms with van der Waals surface area (Å²) in [7, 11) is -3.54. The van der Waals surface area contributed by atoms with Gasteiger partial charge in [-0.1, -0.05) is 36.8 Å². The third-order valence-electron chi connectivity index (χ3n) is 4.14. The van der Waals surface area contributed by atoms with Crippen LogP contribution in [-0.4, -0.2) is 42.2 Å². The number of sulfone groups is 1. The fourth-order valence-corrected chi connectivity index (χ4v) is 4.93. The van der Waals surface area contributed by atoms with Crippen molar-refractivity contribution in [3.8, 4) is 0 Å². The van der Waals surface area contributed by atoms with Crippen LogP contribution < -0.4 is 0 Å². The van der Waals surface area contributed by atoms with Crippen LogP contribution in [0.1, 0.15) is 24.0 Å². The molecule has 2 rings (SSSR count). The third-order valence-corrected chi connectivity index (χ3v) is 6.41. The number of aliphatic hydroxyl groups excluding tert-OH is 1. The molecule has 3 atom stereocenters. The Labute approximate surface area is 118 Å². The first-order chi connectivity index (χ1) is 9.31. The van der Waals surface area contributed by atoms with Crippen molar-refractivity contribution >= 4 is 15.8 Å². The highest BCUT2D eigenvalue weighted by molar-refractivity contribution is 7.92. The predicted octanol–water partition coefficient (Wildman–Crippen LogP) is 0.959. The topological polar surface area (TPSA) is 91.7 Å². The van der Waals surface area contributed by atoms with Crippen molar-refractivity contribution in [1.29, 1.82) is 0 Å². The molecule has 0 radical (unpaired) electrons. The smallest absolute Gasteiger partial charge is 0.314 e. The number of benzene rings is 1. The van der Waals surface area contributed by atoms with Gasteiger partial charge in [0, 0.05) is 11.7 Å². The molecular weight excluding hydrogens is 280 g/mol. The summed E-state index contributed by atoms with van der Waals surface area (Å²) in [6.07, 6.45) is 0. The molecule has 1 aromatic carbocycles. The second-order valence-corrected chi connectivity index (χ2v) is 7.68. The maximum atomic E-state index is 12.1. The van der Waals surface area contributed by atoms with Gasteiger partial charge >= 0.3 is 5.97 Å². The van der Waals surface area contributed by atoms with E-state index in [1.54, 1.807) is 12.1 Å². The minimum atomic E-state index is -3.54. The Morgan fingerprint density at radius 1 is 1.30 bits per heavy atom. The van der Waals surface area contributed by atoms with Crippen LogP contribution in [0.25, 0.3) is 0 Å². The summed E-state index contributed by atoms with van der Waals surface area (Å²) in [5.74, 6) is -2.07. The van der Waals surface area contributed by atoms with Gasteiger partial charge < -0.3 is 10.2 Å². The lowest BCUT2D eigenvalue weighted by molar-refractivity contribution is -0.145. The molecule has 0 saturated heterocycles. The molecule has 1 aromatic rings. The van der Waals surface area contributed by atoms with E-state index in [4.69, 9.17) is 0 Å². The number of aliphatic carboxylic acids is 1. The summed E-state index contributed by atoms with van der Waals surface area (Å²) in [4.78, 5) is 11.5. The van der Waals surface area contributed by atoms with Crippen LogP contribution in [0.5, 0.6) is 0 Å². The molecule has 1 aliphatic rings. The van der Waals surface area contributed by atoms with Crippen molar-refractivity contribution in [2.75, 3.05) is 12.4 Å². The molecule has 0 unspecified atom stereocenters. The van der Waals surface area contributed by atoms with E-state index in [0.29, 0.717) is 5.56 Å². The highest BCUT2D eigenvalue weighted by Crippen LogP contribution is 2.63. The Balaban J connectivity index is 2.50. The van der Waals surface area contributed by atoms with E-state index in [-0.39, 0.29) is 5.75 Å². The van der Waals surface area contributed by atoms with Crippen molar-refractivity contribution in [3.05, 3.63) is 35.4 Å². The summed E-state index contributed by atoms with van der Waals surface area (Å²) < 4.78 is 24.2. The lowest BCUT2D eigenvalue weighted by atomic mass is 9.99. The molecule has 20 heavy (non-hydrogen) atoms. The van der Waals surface area contributed by atoms with Crippen molar-refractivity contribution in [2.45, 2.75) is 25.0 Å². The van der Waals surface area contributed by atoms with Gasteiger partial charge in [0.05, 0.1) is 11.9 Å². The minimum Gasteiger partial charge on any atom is -0.481 e. The van der Waals surface area contributed by atoms with E-state index in [0.717, 1.165) is 5.56 Å². The quantitative estimate of drug-likeness (QED) is 0.844. The zero-order valence-electron chi connectivity index (χ0n) is 11.4. The van der Waals surface area contributed by atoms with E-state index in [1.807, 2.05) is 19.1 Å². The zero-order valence-corrected chi connectivity index (χ0v) is 12.2. The van der Waals surface area contributed by atoms with Gasteiger partial charge in [0.1, 0.15) is 5.41 Å². The Kier molecular flexibility index (Phi) is 3.64. The van der Waals surface area contributed by atoms with E-state index in [1.165, 1.54) is 6.92 Å². The lowest BCUT2D eigenvalue weighted by Crippen LogP contribution is -2.28. The lowest BCUT2D eigenvalue weighted by Gasteiger charge is -2.08. The average Bonchev–Trinajstić information content (AvgIpc) is 3.11. The summed E-state index contributed by atoms with van der Waals surface area (Å²) in [6, 6.07) is 7.09. The molecule has 2 N–H and O–H groups in total. The van der Waals surface area contributed by atoms with E-state index < -0.39 is 39.0 Å². The molecule has 1 saturated carbocycles. The summed E-state index contributed by atoms with van der Waals surface area (Å²) >= 11 is 0. The first kappa shape index (κ1) is 15.0.